The molecule has 0 fully saturated rings. The average molecular weight is 243 g/mol. The highest BCUT2D eigenvalue weighted by molar-refractivity contribution is 4.65. The number of methoxy groups -OCH3 is 1. The molecule has 2 nitrogen and oxygen atoms in total. The highest BCUT2D eigenvalue weighted by atomic mass is 16.5. The van der Waals surface area contributed by atoms with Gasteiger partial charge in [-0.15, -0.1) is 0 Å². The van der Waals surface area contributed by atoms with Gasteiger partial charge in [0.05, 0.1) is 0 Å². The molecule has 0 unspecified atom stereocenters. The first-order chi connectivity index (χ1) is 7.99. The van der Waals surface area contributed by atoms with Crippen molar-refractivity contribution in [2.24, 2.45) is 11.3 Å². The van der Waals surface area contributed by atoms with E-state index in [0.29, 0.717) is 5.41 Å². The van der Waals surface area contributed by atoms with Crippen molar-refractivity contribution in [3.8, 4) is 0 Å². The third kappa shape index (κ3) is 12.2. The van der Waals surface area contributed by atoms with Crippen LogP contribution in [0.15, 0.2) is 0 Å². The van der Waals surface area contributed by atoms with Crippen molar-refractivity contribution in [3.63, 3.8) is 0 Å². The van der Waals surface area contributed by atoms with Gasteiger partial charge in [0.2, 0.25) is 0 Å². The molecule has 0 aromatic carbocycles. The zero-order chi connectivity index (χ0) is 13.1. The Labute approximate surface area is 109 Å². The first-order valence-corrected chi connectivity index (χ1v) is 7.19. The first kappa shape index (κ1) is 16.9. The molecule has 0 amide bonds. The lowest BCUT2D eigenvalue weighted by atomic mass is 9.95. The van der Waals surface area contributed by atoms with Crippen LogP contribution in [0.5, 0.6) is 0 Å². The van der Waals surface area contributed by atoms with E-state index in [1.54, 1.807) is 7.11 Å². The molecule has 0 saturated carbocycles. The zero-order valence-electron chi connectivity index (χ0n) is 12.6. The third-order valence-corrected chi connectivity index (χ3v) is 3.18. The van der Waals surface area contributed by atoms with Crippen LogP contribution >= 0.6 is 0 Å². The van der Waals surface area contributed by atoms with Crippen LogP contribution < -0.4 is 5.32 Å². The summed E-state index contributed by atoms with van der Waals surface area (Å²) in [6.45, 7) is 12.3. The molecule has 0 bridgehead atoms. The maximum Gasteiger partial charge on any atom is 0.0464 e. The first-order valence-electron chi connectivity index (χ1n) is 7.19. The number of hydrogen-bond acceptors (Lipinski definition) is 2. The van der Waals surface area contributed by atoms with Gasteiger partial charge < -0.3 is 10.1 Å². The lowest BCUT2D eigenvalue weighted by Gasteiger charge is -2.19. The predicted octanol–water partition coefficient (Wildman–Crippen LogP) is 3.86. The second-order valence-corrected chi connectivity index (χ2v) is 6.29. The van der Waals surface area contributed by atoms with Crippen molar-refractivity contribution in [2.75, 3.05) is 26.8 Å². The summed E-state index contributed by atoms with van der Waals surface area (Å²) in [5.74, 6) is 0.859. The molecule has 0 aromatic rings. The van der Waals surface area contributed by atoms with E-state index in [2.05, 4.69) is 33.0 Å². The van der Waals surface area contributed by atoms with Crippen LogP contribution in [0.2, 0.25) is 0 Å². The van der Waals surface area contributed by atoms with Gasteiger partial charge >= 0.3 is 0 Å². The number of unbranched alkanes of at least 4 members (excludes halogenated alkanes) is 1. The summed E-state index contributed by atoms with van der Waals surface area (Å²) in [6, 6.07) is 0. The summed E-state index contributed by atoms with van der Waals surface area (Å²) in [4.78, 5) is 0. The van der Waals surface area contributed by atoms with E-state index in [4.69, 9.17) is 4.74 Å². The van der Waals surface area contributed by atoms with Crippen molar-refractivity contribution in [1.29, 1.82) is 0 Å². The third-order valence-electron chi connectivity index (χ3n) is 3.18. The normalized spacial score (nSPS) is 13.9. The largest absolute Gasteiger partial charge is 0.385 e. The minimum atomic E-state index is 0.407. The minimum absolute atomic E-state index is 0.407. The fourth-order valence-electron chi connectivity index (χ4n) is 1.98. The molecule has 0 heterocycles. The van der Waals surface area contributed by atoms with Crippen LogP contribution in [0.4, 0.5) is 0 Å². The number of nitrogens with one attached hydrogen (secondary N) is 1. The second kappa shape index (κ2) is 9.90. The highest BCUT2D eigenvalue weighted by Crippen LogP contribution is 2.16. The van der Waals surface area contributed by atoms with Gasteiger partial charge in [0.25, 0.3) is 0 Å². The fourth-order valence-corrected chi connectivity index (χ4v) is 1.98. The molecule has 0 aromatic heterocycles. The van der Waals surface area contributed by atoms with Crippen molar-refractivity contribution in [1.82, 2.24) is 5.32 Å². The van der Waals surface area contributed by atoms with E-state index in [1.165, 1.54) is 32.1 Å². The molecule has 0 saturated heterocycles. The summed E-state index contributed by atoms with van der Waals surface area (Å²) < 4.78 is 5.14. The molecular formula is C15H33NO. The van der Waals surface area contributed by atoms with Gasteiger partial charge in [-0.25, -0.2) is 0 Å². The SMILES string of the molecule is CC[C@@H](CCCCNCC(C)(C)C)CCOC. The molecule has 1 atom stereocenters. The van der Waals surface area contributed by atoms with Gasteiger partial charge in [0.1, 0.15) is 0 Å². The van der Waals surface area contributed by atoms with Crippen LogP contribution in [0.1, 0.15) is 59.8 Å². The molecule has 0 radical (unpaired) electrons. The predicted molar refractivity (Wildman–Crippen MR) is 76.4 cm³/mol. The Morgan fingerprint density at radius 2 is 1.82 bits per heavy atom. The monoisotopic (exact) mass is 243 g/mol. The fraction of sp³-hybridized carbons (Fsp3) is 1.00. The van der Waals surface area contributed by atoms with Crippen LogP contribution in [0, 0.1) is 11.3 Å². The van der Waals surface area contributed by atoms with Gasteiger partial charge in [0.15, 0.2) is 0 Å². The summed E-state index contributed by atoms with van der Waals surface area (Å²) >= 11 is 0. The molecule has 104 valence electrons. The van der Waals surface area contributed by atoms with Gasteiger partial charge in [-0.1, -0.05) is 47.0 Å². The van der Waals surface area contributed by atoms with Crippen molar-refractivity contribution in [2.45, 2.75) is 59.8 Å². The molecule has 1 N–H and O–H groups in total. The van der Waals surface area contributed by atoms with Crippen molar-refractivity contribution >= 4 is 0 Å². The van der Waals surface area contributed by atoms with Crippen molar-refractivity contribution < 1.29 is 4.74 Å². The van der Waals surface area contributed by atoms with Gasteiger partial charge in [0, 0.05) is 13.7 Å². The van der Waals surface area contributed by atoms with Crippen LogP contribution in [-0.4, -0.2) is 26.8 Å². The molecule has 2 heteroatoms. The Kier molecular flexibility index (Phi) is 9.85. The zero-order valence-corrected chi connectivity index (χ0v) is 12.6. The minimum Gasteiger partial charge on any atom is -0.385 e. The average Bonchev–Trinajstić information content (AvgIpc) is 2.25. The molecule has 17 heavy (non-hydrogen) atoms. The van der Waals surface area contributed by atoms with E-state index in [-0.39, 0.29) is 0 Å². The lowest BCUT2D eigenvalue weighted by Crippen LogP contribution is -2.27. The second-order valence-electron chi connectivity index (χ2n) is 6.29. The quantitative estimate of drug-likeness (QED) is 0.588. The number of ether oxygens (including phenoxy) is 1. The summed E-state index contributed by atoms with van der Waals surface area (Å²) in [7, 11) is 1.79. The van der Waals surface area contributed by atoms with Crippen LogP contribution in [0.25, 0.3) is 0 Å². The maximum absolute atomic E-state index is 5.14. The molecule has 0 spiro atoms. The topological polar surface area (TPSA) is 21.3 Å². The van der Waals surface area contributed by atoms with Gasteiger partial charge in [-0.3, -0.25) is 0 Å². The Balaban J connectivity index is 3.36. The number of rotatable bonds is 10. The Morgan fingerprint density at radius 1 is 1.12 bits per heavy atom. The number of hydrogen-bond donors (Lipinski definition) is 1. The summed E-state index contributed by atoms with van der Waals surface area (Å²) in [5.41, 5.74) is 0.407. The molecular weight excluding hydrogens is 210 g/mol. The molecule has 0 aliphatic heterocycles. The van der Waals surface area contributed by atoms with Crippen molar-refractivity contribution in [3.05, 3.63) is 0 Å². The highest BCUT2D eigenvalue weighted by Gasteiger charge is 2.09. The van der Waals surface area contributed by atoms with E-state index >= 15 is 0 Å². The molecule has 0 aliphatic rings. The van der Waals surface area contributed by atoms with E-state index in [9.17, 15) is 0 Å². The van der Waals surface area contributed by atoms with Crippen LogP contribution in [0.3, 0.4) is 0 Å². The van der Waals surface area contributed by atoms with Crippen LogP contribution in [-0.2, 0) is 4.74 Å². The Hall–Kier alpha value is -0.0800. The summed E-state index contributed by atoms with van der Waals surface area (Å²) in [6.07, 6.45) is 6.52. The lowest BCUT2D eigenvalue weighted by molar-refractivity contribution is 0.173. The molecule has 0 rings (SSSR count). The van der Waals surface area contributed by atoms with Gasteiger partial charge in [-0.2, -0.15) is 0 Å². The van der Waals surface area contributed by atoms with E-state index in [0.717, 1.165) is 25.6 Å². The smallest absolute Gasteiger partial charge is 0.0464 e. The maximum atomic E-state index is 5.14. The Morgan fingerprint density at radius 3 is 2.35 bits per heavy atom. The van der Waals surface area contributed by atoms with E-state index in [1.807, 2.05) is 0 Å². The molecule has 0 aliphatic carbocycles. The standard InChI is InChI=1S/C15H33NO/c1-6-14(10-12-17-5)9-7-8-11-16-13-15(2,3)4/h14,16H,6-13H2,1-5H3/t14-/m0/s1. The Bertz CT molecular complexity index is 163. The van der Waals surface area contributed by atoms with Gasteiger partial charge in [-0.05, 0) is 37.3 Å². The van der Waals surface area contributed by atoms with E-state index < -0.39 is 0 Å². The summed E-state index contributed by atoms with van der Waals surface area (Å²) in [5, 5.41) is 3.54.